The summed E-state index contributed by atoms with van der Waals surface area (Å²) in [6.07, 6.45) is 0. The van der Waals surface area contributed by atoms with Gasteiger partial charge in [-0.15, -0.1) is 0 Å². The van der Waals surface area contributed by atoms with Gasteiger partial charge in [0.15, 0.2) is 0 Å². The summed E-state index contributed by atoms with van der Waals surface area (Å²) in [6.45, 7) is 6.10. The van der Waals surface area contributed by atoms with Crippen molar-refractivity contribution < 1.29 is 0 Å². The summed E-state index contributed by atoms with van der Waals surface area (Å²) < 4.78 is 0. The van der Waals surface area contributed by atoms with Crippen LogP contribution in [0, 0.1) is 28.6 Å². The van der Waals surface area contributed by atoms with Crippen molar-refractivity contribution in [3.05, 3.63) is 29.3 Å². The molecule has 0 unspecified atom stereocenters. The molecule has 0 atom stereocenters. The van der Waals surface area contributed by atoms with Crippen LogP contribution in [0.25, 0.3) is 0 Å². The second-order valence-electron chi connectivity index (χ2n) is 4.41. The molecule has 0 aliphatic rings. The van der Waals surface area contributed by atoms with E-state index < -0.39 is 0 Å². The smallest absolute Gasteiger partial charge is 0.0992 e. The summed E-state index contributed by atoms with van der Waals surface area (Å²) in [5.41, 5.74) is 7.63. The number of benzene rings is 1. The average Bonchev–Trinajstić information content (AvgIpc) is 2.15. The highest BCUT2D eigenvalue weighted by atomic mass is 14.5. The molecule has 15 heavy (non-hydrogen) atoms. The monoisotopic (exact) mass is 198 g/mol. The molecule has 0 heterocycles. The first-order chi connectivity index (χ1) is 6.92. The van der Waals surface area contributed by atoms with Crippen molar-refractivity contribution in [2.45, 2.75) is 20.8 Å². The number of hydrogen-bond donors (Lipinski definition) is 1. The Labute approximate surface area is 90.7 Å². The Hall–Kier alpha value is -1.93. The van der Waals surface area contributed by atoms with Crippen LogP contribution >= 0.6 is 0 Å². The number of nitrogens with two attached hydrogens (primary N) is 1. The zero-order chi connectivity index (χ0) is 11.5. The van der Waals surface area contributed by atoms with Gasteiger partial charge in [-0.2, -0.15) is 5.26 Å². The van der Waals surface area contributed by atoms with Crippen LogP contribution in [0.3, 0.4) is 0 Å². The summed E-state index contributed by atoms with van der Waals surface area (Å²) in [4.78, 5) is 0. The number of hydrogen-bond acceptors (Lipinski definition) is 2. The Morgan fingerprint density at radius 2 is 1.93 bits per heavy atom. The van der Waals surface area contributed by atoms with Gasteiger partial charge >= 0.3 is 0 Å². The maximum absolute atomic E-state index is 8.74. The van der Waals surface area contributed by atoms with E-state index in [0.29, 0.717) is 11.3 Å². The molecule has 76 valence electrons. The van der Waals surface area contributed by atoms with Gasteiger partial charge in [0.25, 0.3) is 0 Å². The highest BCUT2D eigenvalue weighted by molar-refractivity contribution is 5.58. The van der Waals surface area contributed by atoms with Crippen LogP contribution in [0.5, 0.6) is 0 Å². The predicted octanol–water partition coefficient (Wildman–Crippen LogP) is 2.54. The fourth-order valence-electron chi connectivity index (χ4n) is 0.989. The third kappa shape index (κ3) is 3.37. The van der Waals surface area contributed by atoms with Crippen molar-refractivity contribution in [2.24, 2.45) is 5.41 Å². The fourth-order valence-corrected chi connectivity index (χ4v) is 0.989. The molecule has 0 radical (unpaired) electrons. The van der Waals surface area contributed by atoms with E-state index in [4.69, 9.17) is 11.0 Å². The predicted molar refractivity (Wildman–Crippen MR) is 61.9 cm³/mol. The lowest BCUT2D eigenvalue weighted by atomic mass is 9.97. The Morgan fingerprint density at radius 1 is 1.27 bits per heavy atom. The van der Waals surface area contributed by atoms with E-state index in [-0.39, 0.29) is 5.41 Å². The summed E-state index contributed by atoms with van der Waals surface area (Å²) >= 11 is 0. The van der Waals surface area contributed by atoms with Gasteiger partial charge < -0.3 is 5.73 Å². The lowest BCUT2D eigenvalue weighted by molar-refractivity contribution is 0.571. The molecule has 0 spiro atoms. The van der Waals surface area contributed by atoms with E-state index in [1.807, 2.05) is 20.8 Å². The van der Waals surface area contributed by atoms with Crippen molar-refractivity contribution in [1.29, 1.82) is 5.26 Å². The van der Waals surface area contributed by atoms with E-state index >= 15 is 0 Å². The fraction of sp³-hybridized carbons (Fsp3) is 0.308. The van der Waals surface area contributed by atoms with Crippen LogP contribution < -0.4 is 5.73 Å². The first kappa shape index (κ1) is 11.1. The van der Waals surface area contributed by atoms with Gasteiger partial charge in [-0.3, -0.25) is 0 Å². The highest BCUT2D eigenvalue weighted by Crippen LogP contribution is 2.15. The van der Waals surface area contributed by atoms with Crippen molar-refractivity contribution in [3.8, 4) is 17.9 Å². The number of nitrogen functional groups attached to an aromatic ring is 1. The van der Waals surface area contributed by atoms with Gasteiger partial charge in [-0.1, -0.05) is 11.8 Å². The Kier molecular flexibility index (Phi) is 3.02. The van der Waals surface area contributed by atoms with Crippen LogP contribution in [-0.2, 0) is 0 Å². The maximum Gasteiger partial charge on any atom is 0.0992 e. The molecule has 1 aromatic rings. The lowest BCUT2D eigenvalue weighted by Gasteiger charge is -2.07. The van der Waals surface area contributed by atoms with Gasteiger partial charge in [-0.05, 0) is 39.0 Å². The number of nitriles is 1. The summed E-state index contributed by atoms with van der Waals surface area (Å²) in [7, 11) is 0. The molecule has 0 saturated heterocycles. The third-order valence-corrected chi connectivity index (χ3v) is 1.75. The Morgan fingerprint density at radius 3 is 2.47 bits per heavy atom. The van der Waals surface area contributed by atoms with Crippen LogP contribution in [0.1, 0.15) is 31.9 Å². The van der Waals surface area contributed by atoms with Gasteiger partial charge in [-0.25, -0.2) is 0 Å². The molecule has 0 bridgehead atoms. The minimum atomic E-state index is -0.0604. The van der Waals surface area contributed by atoms with E-state index in [1.54, 1.807) is 18.2 Å². The zero-order valence-electron chi connectivity index (χ0n) is 9.26. The van der Waals surface area contributed by atoms with Gasteiger partial charge in [0.05, 0.1) is 11.6 Å². The Balaban J connectivity index is 3.14. The average molecular weight is 198 g/mol. The number of nitrogens with zero attached hydrogens (tertiary/aromatic N) is 1. The molecule has 2 nitrogen and oxygen atoms in total. The van der Waals surface area contributed by atoms with Crippen molar-refractivity contribution in [2.75, 3.05) is 5.73 Å². The largest absolute Gasteiger partial charge is 0.398 e. The molecular weight excluding hydrogens is 184 g/mol. The molecule has 0 fully saturated rings. The standard InChI is InChI=1S/C13H14N2/c1-13(2,3)7-6-11-8-10(9-14)4-5-12(11)15/h4-5,8H,15H2,1-3H3. The van der Waals surface area contributed by atoms with Gasteiger partial charge in [0, 0.05) is 16.7 Å². The molecule has 1 rings (SSSR count). The SMILES string of the molecule is CC(C)(C)C#Cc1cc(C#N)ccc1N. The highest BCUT2D eigenvalue weighted by Gasteiger charge is 2.04. The minimum Gasteiger partial charge on any atom is -0.398 e. The van der Waals surface area contributed by atoms with Crippen LogP contribution in [0.2, 0.25) is 0 Å². The molecule has 0 aliphatic heterocycles. The minimum absolute atomic E-state index is 0.0604. The molecule has 2 heteroatoms. The molecule has 2 N–H and O–H groups in total. The topological polar surface area (TPSA) is 49.8 Å². The van der Waals surface area contributed by atoms with Crippen LogP contribution in [0.15, 0.2) is 18.2 Å². The number of anilines is 1. The third-order valence-electron chi connectivity index (χ3n) is 1.75. The van der Waals surface area contributed by atoms with Crippen molar-refractivity contribution >= 4 is 5.69 Å². The molecule has 1 aromatic carbocycles. The molecule has 0 aliphatic carbocycles. The molecule has 0 amide bonds. The lowest BCUT2D eigenvalue weighted by Crippen LogP contribution is -2.00. The van der Waals surface area contributed by atoms with E-state index in [1.165, 1.54) is 0 Å². The van der Waals surface area contributed by atoms with Crippen LogP contribution in [0.4, 0.5) is 5.69 Å². The van der Waals surface area contributed by atoms with E-state index in [9.17, 15) is 0 Å². The van der Waals surface area contributed by atoms with Crippen molar-refractivity contribution in [3.63, 3.8) is 0 Å². The summed E-state index contributed by atoms with van der Waals surface area (Å²) in [6, 6.07) is 7.19. The summed E-state index contributed by atoms with van der Waals surface area (Å²) in [5.74, 6) is 6.09. The molecular formula is C13H14N2. The number of rotatable bonds is 0. The van der Waals surface area contributed by atoms with Gasteiger partial charge in [0.1, 0.15) is 0 Å². The zero-order valence-corrected chi connectivity index (χ0v) is 9.26. The van der Waals surface area contributed by atoms with Gasteiger partial charge in [0.2, 0.25) is 0 Å². The first-order valence-electron chi connectivity index (χ1n) is 4.75. The second kappa shape index (κ2) is 4.07. The Bertz CT molecular complexity index is 462. The molecule has 0 aromatic heterocycles. The normalized spacial score (nSPS) is 10.0. The quantitative estimate of drug-likeness (QED) is 0.514. The maximum atomic E-state index is 8.74. The van der Waals surface area contributed by atoms with E-state index in [2.05, 4.69) is 17.9 Å². The second-order valence-corrected chi connectivity index (χ2v) is 4.41. The molecule has 0 saturated carbocycles. The first-order valence-corrected chi connectivity index (χ1v) is 4.75. The summed E-state index contributed by atoms with van der Waals surface area (Å²) in [5, 5.41) is 8.74. The van der Waals surface area contributed by atoms with Crippen LogP contribution in [-0.4, -0.2) is 0 Å². The van der Waals surface area contributed by atoms with E-state index in [0.717, 1.165) is 5.56 Å². The van der Waals surface area contributed by atoms with Crippen molar-refractivity contribution in [1.82, 2.24) is 0 Å².